The first kappa shape index (κ1) is 17.9. The SMILES string of the molecule is CCOCCN(CC)CC1CC(C(C)(C)C)CCC1N. The summed E-state index contributed by atoms with van der Waals surface area (Å²) < 4.78 is 5.48. The Kier molecular flexibility index (Phi) is 7.49. The second-order valence-corrected chi connectivity index (χ2v) is 7.39. The molecule has 0 saturated heterocycles. The molecule has 0 aromatic rings. The van der Waals surface area contributed by atoms with Gasteiger partial charge in [-0.2, -0.15) is 0 Å². The maximum atomic E-state index is 6.38. The van der Waals surface area contributed by atoms with Crippen LogP contribution in [0.25, 0.3) is 0 Å². The van der Waals surface area contributed by atoms with Gasteiger partial charge in [0.1, 0.15) is 0 Å². The molecule has 1 aliphatic carbocycles. The van der Waals surface area contributed by atoms with Gasteiger partial charge >= 0.3 is 0 Å². The average Bonchev–Trinajstić information content (AvgIpc) is 2.38. The fraction of sp³-hybridized carbons (Fsp3) is 1.00. The molecule has 0 spiro atoms. The Morgan fingerprint density at radius 1 is 1.20 bits per heavy atom. The van der Waals surface area contributed by atoms with Gasteiger partial charge in [0.25, 0.3) is 0 Å². The number of rotatable bonds is 7. The van der Waals surface area contributed by atoms with Crippen LogP contribution < -0.4 is 5.73 Å². The van der Waals surface area contributed by atoms with Crippen molar-refractivity contribution in [3.8, 4) is 0 Å². The number of nitrogens with zero attached hydrogens (tertiary/aromatic N) is 1. The average molecular weight is 284 g/mol. The van der Waals surface area contributed by atoms with E-state index in [0.717, 1.165) is 38.8 Å². The van der Waals surface area contributed by atoms with Crippen LogP contribution >= 0.6 is 0 Å². The molecular formula is C17H36N2O. The fourth-order valence-corrected chi connectivity index (χ4v) is 3.33. The Morgan fingerprint density at radius 2 is 1.90 bits per heavy atom. The standard InChI is InChI=1S/C17H36N2O/c1-6-19(10-11-20-7-2)13-14-12-15(17(3,4)5)8-9-16(14)18/h14-16H,6-13,18H2,1-5H3. The van der Waals surface area contributed by atoms with Crippen LogP contribution in [0.5, 0.6) is 0 Å². The minimum absolute atomic E-state index is 0.384. The second-order valence-electron chi connectivity index (χ2n) is 7.39. The van der Waals surface area contributed by atoms with Gasteiger partial charge in [0.05, 0.1) is 6.61 Å². The zero-order valence-electron chi connectivity index (χ0n) is 14.3. The lowest BCUT2D eigenvalue weighted by Crippen LogP contribution is -2.45. The highest BCUT2D eigenvalue weighted by Gasteiger charge is 2.34. The number of nitrogens with two attached hydrogens (primary N) is 1. The molecular weight excluding hydrogens is 248 g/mol. The van der Waals surface area contributed by atoms with E-state index in [2.05, 4.69) is 39.5 Å². The van der Waals surface area contributed by atoms with E-state index in [-0.39, 0.29) is 0 Å². The van der Waals surface area contributed by atoms with Gasteiger partial charge < -0.3 is 15.4 Å². The number of hydrogen-bond donors (Lipinski definition) is 1. The van der Waals surface area contributed by atoms with Crippen molar-refractivity contribution >= 4 is 0 Å². The maximum Gasteiger partial charge on any atom is 0.0593 e. The summed E-state index contributed by atoms with van der Waals surface area (Å²) in [7, 11) is 0. The number of likely N-dealkylation sites (N-methyl/N-ethyl adjacent to an activating group) is 1. The zero-order valence-corrected chi connectivity index (χ0v) is 14.3. The summed E-state index contributed by atoms with van der Waals surface area (Å²) in [4.78, 5) is 2.51. The third kappa shape index (κ3) is 5.71. The molecule has 0 heterocycles. The molecule has 120 valence electrons. The van der Waals surface area contributed by atoms with E-state index in [0.29, 0.717) is 17.4 Å². The van der Waals surface area contributed by atoms with E-state index >= 15 is 0 Å². The molecule has 2 N–H and O–H groups in total. The fourth-order valence-electron chi connectivity index (χ4n) is 3.33. The van der Waals surface area contributed by atoms with Crippen molar-refractivity contribution in [3.05, 3.63) is 0 Å². The summed E-state index contributed by atoms with van der Waals surface area (Å²) in [5, 5.41) is 0. The van der Waals surface area contributed by atoms with E-state index in [1.807, 2.05) is 0 Å². The number of hydrogen-bond acceptors (Lipinski definition) is 3. The van der Waals surface area contributed by atoms with Gasteiger partial charge in [0.15, 0.2) is 0 Å². The highest BCUT2D eigenvalue weighted by atomic mass is 16.5. The summed E-state index contributed by atoms with van der Waals surface area (Å²) in [6.45, 7) is 16.3. The molecule has 1 saturated carbocycles. The van der Waals surface area contributed by atoms with Crippen LogP contribution in [0.1, 0.15) is 53.9 Å². The molecule has 20 heavy (non-hydrogen) atoms. The quantitative estimate of drug-likeness (QED) is 0.730. The molecule has 0 bridgehead atoms. The molecule has 1 fully saturated rings. The zero-order chi connectivity index (χ0) is 15.2. The van der Waals surface area contributed by atoms with Crippen LogP contribution in [-0.2, 0) is 4.74 Å². The molecule has 0 aromatic heterocycles. The lowest BCUT2D eigenvalue weighted by atomic mass is 9.67. The van der Waals surface area contributed by atoms with E-state index in [1.165, 1.54) is 19.3 Å². The van der Waals surface area contributed by atoms with Crippen LogP contribution in [-0.4, -0.2) is 43.8 Å². The minimum Gasteiger partial charge on any atom is -0.380 e. The van der Waals surface area contributed by atoms with E-state index in [9.17, 15) is 0 Å². The molecule has 1 aliphatic rings. The topological polar surface area (TPSA) is 38.5 Å². The Morgan fingerprint density at radius 3 is 2.45 bits per heavy atom. The smallest absolute Gasteiger partial charge is 0.0593 e. The van der Waals surface area contributed by atoms with Crippen molar-refractivity contribution in [2.75, 3.05) is 32.8 Å². The first-order valence-corrected chi connectivity index (χ1v) is 8.44. The van der Waals surface area contributed by atoms with Gasteiger partial charge in [-0.1, -0.05) is 27.7 Å². The summed E-state index contributed by atoms with van der Waals surface area (Å²) in [6.07, 6.45) is 3.78. The van der Waals surface area contributed by atoms with E-state index < -0.39 is 0 Å². The van der Waals surface area contributed by atoms with Gasteiger partial charge in [0, 0.05) is 25.7 Å². The van der Waals surface area contributed by atoms with Gasteiger partial charge in [0.2, 0.25) is 0 Å². The molecule has 3 nitrogen and oxygen atoms in total. The molecule has 0 amide bonds. The maximum absolute atomic E-state index is 6.38. The third-order valence-corrected chi connectivity index (χ3v) is 4.96. The van der Waals surface area contributed by atoms with E-state index in [1.54, 1.807) is 0 Å². The normalized spacial score (nSPS) is 28.1. The Labute approximate surface area is 126 Å². The monoisotopic (exact) mass is 284 g/mol. The van der Waals surface area contributed by atoms with Crippen molar-refractivity contribution in [3.63, 3.8) is 0 Å². The molecule has 0 aromatic carbocycles. The Hall–Kier alpha value is -0.120. The van der Waals surface area contributed by atoms with Crippen LogP contribution in [0.4, 0.5) is 0 Å². The molecule has 1 rings (SSSR count). The van der Waals surface area contributed by atoms with Crippen molar-refractivity contribution in [2.24, 2.45) is 23.0 Å². The summed E-state index contributed by atoms with van der Waals surface area (Å²) in [5.74, 6) is 1.47. The predicted molar refractivity (Wildman–Crippen MR) is 86.9 cm³/mol. The van der Waals surface area contributed by atoms with Crippen LogP contribution in [0.2, 0.25) is 0 Å². The molecule has 3 atom stereocenters. The van der Waals surface area contributed by atoms with Gasteiger partial charge in [-0.05, 0) is 50.0 Å². The van der Waals surface area contributed by atoms with Crippen LogP contribution in [0.15, 0.2) is 0 Å². The van der Waals surface area contributed by atoms with Crippen molar-refractivity contribution in [1.29, 1.82) is 0 Å². The third-order valence-electron chi connectivity index (χ3n) is 4.96. The molecule has 0 aliphatic heterocycles. The van der Waals surface area contributed by atoms with Gasteiger partial charge in [-0.3, -0.25) is 0 Å². The molecule has 3 unspecified atom stereocenters. The van der Waals surface area contributed by atoms with Crippen LogP contribution in [0.3, 0.4) is 0 Å². The largest absolute Gasteiger partial charge is 0.380 e. The van der Waals surface area contributed by atoms with Crippen molar-refractivity contribution < 1.29 is 4.74 Å². The predicted octanol–water partition coefficient (Wildman–Crippen LogP) is 3.13. The second kappa shape index (κ2) is 8.35. The van der Waals surface area contributed by atoms with Crippen LogP contribution in [0, 0.1) is 17.3 Å². The highest BCUT2D eigenvalue weighted by Crippen LogP contribution is 2.40. The minimum atomic E-state index is 0.384. The molecule has 0 radical (unpaired) electrons. The Bertz CT molecular complexity index is 262. The summed E-state index contributed by atoms with van der Waals surface area (Å²) in [5.41, 5.74) is 6.80. The van der Waals surface area contributed by atoms with Gasteiger partial charge in [-0.25, -0.2) is 0 Å². The Balaban J connectivity index is 2.49. The lowest BCUT2D eigenvalue weighted by Gasteiger charge is -2.42. The summed E-state index contributed by atoms with van der Waals surface area (Å²) >= 11 is 0. The first-order chi connectivity index (χ1) is 9.38. The summed E-state index contributed by atoms with van der Waals surface area (Å²) in [6, 6.07) is 0.384. The van der Waals surface area contributed by atoms with Crippen molar-refractivity contribution in [1.82, 2.24) is 4.90 Å². The molecule has 3 heteroatoms. The number of ether oxygens (including phenoxy) is 1. The highest BCUT2D eigenvalue weighted by molar-refractivity contribution is 4.88. The van der Waals surface area contributed by atoms with Gasteiger partial charge in [-0.15, -0.1) is 0 Å². The van der Waals surface area contributed by atoms with Crippen molar-refractivity contribution in [2.45, 2.75) is 59.9 Å². The van der Waals surface area contributed by atoms with E-state index in [4.69, 9.17) is 10.5 Å². The lowest BCUT2D eigenvalue weighted by molar-refractivity contribution is 0.0780. The first-order valence-electron chi connectivity index (χ1n) is 8.44.